The predicted molar refractivity (Wildman–Crippen MR) is 135 cm³/mol. The number of esters is 1. The average Bonchev–Trinajstić information content (AvgIpc) is 2.82. The fourth-order valence-corrected chi connectivity index (χ4v) is 5.27. The quantitative estimate of drug-likeness (QED) is 0.301. The Morgan fingerprint density at radius 2 is 1.38 bits per heavy atom. The summed E-state index contributed by atoms with van der Waals surface area (Å²) >= 11 is 7.49. The van der Waals surface area contributed by atoms with E-state index in [0.29, 0.717) is 11.1 Å². The molecule has 0 saturated carbocycles. The minimum Gasteiger partial charge on any atom is -0.465 e. The fourth-order valence-electron chi connectivity index (χ4n) is 4.75. The SMILES string of the molecule is CCOC(=O)C1(C(Cl)(c2ccc(C)cc2)c2ccc(C(F)(F)F)cc2)CCN(C(=O)OC(C)(C)C)CC1. The van der Waals surface area contributed by atoms with E-state index < -0.39 is 39.7 Å². The second kappa shape index (κ2) is 10.6. The van der Waals surface area contributed by atoms with Crippen LogP contribution in [0.5, 0.6) is 0 Å². The lowest BCUT2D eigenvalue weighted by Crippen LogP contribution is -2.56. The number of ether oxygens (including phenoxy) is 2. The summed E-state index contributed by atoms with van der Waals surface area (Å²) < 4.78 is 51.0. The third kappa shape index (κ3) is 5.89. The Kier molecular flexibility index (Phi) is 8.22. The zero-order valence-corrected chi connectivity index (χ0v) is 22.5. The van der Waals surface area contributed by atoms with Gasteiger partial charge in [0.25, 0.3) is 0 Å². The lowest BCUT2D eigenvalue weighted by molar-refractivity contribution is -0.161. The van der Waals surface area contributed by atoms with Crippen molar-refractivity contribution in [2.45, 2.75) is 64.1 Å². The molecule has 3 rings (SSSR count). The van der Waals surface area contributed by atoms with Crippen LogP contribution in [0.3, 0.4) is 0 Å². The van der Waals surface area contributed by atoms with Crippen molar-refractivity contribution in [2.75, 3.05) is 19.7 Å². The molecule has 9 heteroatoms. The molecule has 0 bridgehead atoms. The number of likely N-dealkylation sites (tertiary alicyclic amines) is 1. The van der Waals surface area contributed by atoms with Gasteiger partial charge in [-0.2, -0.15) is 13.2 Å². The summed E-state index contributed by atoms with van der Waals surface area (Å²) in [5.41, 5.74) is -1.02. The van der Waals surface area contributed by atoms with E-state index in [2.05, 4.69) is 0 Å². The Labute approximate surface area is 220 Å². The van der Waals surface area contributed by atoms with Crippen molar-refractivity contribution in [2.24, 2.45) is 5.41 Å². The molecule has 1 atom stereocenters. The van der Waals surface area contributed by atoms with Gasteiger partial charge in [-0.3, -0.25) is 4.79 Å². The number of piperidine rings is 1. The molecule has 1 fully saturated rings. The van der Waals surface area contributed by atoms with Crippen LogP contribution >= 0.6 is 11.6 Å². The molecule has 1 aliphatic heterocycles. The van der Waals surface area contributed by atoms with Gasteiger partial charge < -0.3 is 14.4 Å². The summed E-state index contributed by atoms with van der Waals surface area (Å²) in [5, 5.41) is 0. The number of carbonyl (C=O) groups is 2. The number of nitrogens with zero attached hydrogens (tertiary/aromatic N) is 1. The molecule has 0 N–H and O–H groups in total. The summed E-state index contributed by atoms with van der Waals surface area (Å²) in [6, 6.07) is 11.8. The lowest BCUT2D eigenvalue weighted by atomic mass is 9.62. The predicted octanol–water partition coefficient (Wildman–Crippen LogP) is 7.08. The molecule has 5 nitrogen and oxygen atoms in total. The largest absolute Gasteiger partial charge is 0.465 e. The number of aryl methyl sites for hydroxylation is 1. The molecule has 0 aliphatic carbocycles. The molecule has 1 saturated heterocycles. The highest BCUT2D eigenvalue weighted by atomic mass is 35.5. The van der Waals surface area contributed by atoms with E-state index >= 15 is 0 Å². The Morgan fingerprint density at radius 1 is 0.919 bits per heavy atom. The van der Waals surface area contributed by atoms with E-state index in [1.807, 2.05) is 19.1 Å². The number of amides is 1. The number of benzene rings is 2. The maximum atomic E-state index is 13.7. The van der Waals surface area contributed by atoms with Crippen LogP contribution in [0.15, 0.2) is 48.5 Å². The molecule has 0 radical (unpaired) electrons. The van der Waals surface area contributed by atoms with Gasteiger partial charge in [0.1, 0.15) is 10.5 Å². The first-order valence-corrected chi connectivity index (χ1v) is 12.6. The minimum absolute atomic E-state index is 0.101. The van der Waals surface area contributed by atoms with Gasteiger partial charge in [-0.05, 0) is 70.7 Å². The monoisotopic (exact) mass is 539 g/mol. The van der Waals surface area contributed by atoms with Crippen LogP contribution in [0.2, 0.25) is 0 Å². The first-order chi connectivity index (χ1) is 17.1. The van der Waals surface area contributed by atoms with Crippen LogP contribution in [0.4, 0.5) is 18.0 Å². The van der Waals surface area contributed by atoms with Gasteiger partial charge in [0.15, 0.2) is 0 Å². The van der Waals surface area contributed by atoms with Crippen LogP contribution in [-0.2, 0) is 25.3 Å². The van der Waals surface area contributed by atoms with Gasteiger partial charge in [-0.15, -0.1) is 11.6 Å². The molecule has 1 amide bonds. The molecular formula is C28H33ClF3NO4. The van der Waals surface area contributed by atoms with Gasteiger partial charge in [-0.1, -0.05) is 42.0 Å². The highest BCUT2D eigenvalue weighted by Gasteiger charge is 2.60. The first kappa shape index (κ1) is 28.8. The van der Waals surface area contributed by atoms with Crippen LogP contribution in [0.25, 0.3) is 0 Å². The molecule has 2 aromatic carbocycles. The van der Waals surface area contributed by atoms with E-state index in [1.54, 1.807) is 39.8 Å². The van der Waals surface area contributed by atoms with Crippen LogP contribution < -0.4 is 0 Å². The molecule has 2 aromatic rings. The topological polar surface area (TPSA) is 55.8 Å². The van der Waals surface area contributed by atoms with Crippen molar-refractivity contribution >= 4 is 23.7 Å². The van der Waals surface area contributed by atoms with Crippen molar-refractivity contribution in [3.63, 3.8) is 0 Å². The fraction of sp³-hybridized carbons (Fsp3) is 0.500. The third-order valence-corrected chi connectivity index (χ3v) is 7.45. The maximum Gasteiger partial charge on any atom is 0.416 e. The van der Waals surface area contributed by atoms with Crippen molar-refractivity contribution in [1.82, 2.24) is 4.90 Å². The molecular weight excluding hydrogens is 507 g/mol. The van der Waals surface area contributed by atoms with E-state index in [4.69, 9.17) is 21.1 Å². The summed E-state index contributed by atoms with van der Waals surface area (Å²) in [5.74, 6) is -0.561. The summed E-state index contributed by atoms with van der Waals surface area (Å²) in [7, 11) is 0. The molecule has 1 heterocycles. The molecule has 0 aromatic heterocycles. The number of alkyl halides is 4. The standard InChI is InChI=1S/C28H33ClF3NO4/c1-6-36-23(34)26(15-17-33(18-16-26)24(35)37-25(3,4)5)27(29,20-9-7-19(2)8-10-20)21-11-13-22(14-12-21)28(30,31)32/h7-14H,6,15-18H2,1-5H3. The molecule has 1 unspecified atom stereocenters. The van der Waals surface area contributed by atoms with Gasteiger partial charge in [0, 0.05) is 13.1 Å². The number of rotatable bonds is 5. The van der Waals surface area contributed by atoms with Crippen LogP contribution in [-0.4, -0.2) is 42.3 Å². The van der Waals surface area contributed by atoms with Gasteiger partial charge in [0.05, 0.1) is 17.6 Å². The summed E-state index contributed by atoms with van der Waals surface area (Å²) in [6.45, 7) is 9.31. The second-order valence-corrected chi connectivity index (χ2v) is 10.9. The smallest absolute Gasteiger partial charge is 0.416 e. The van der Waals surface area contributed by atoms with Crippen molar-refractivity contribution in [3.05, 3.63) is 70.8 Å². The van der Waals surface area contributed by atoms with E-state index in [0.717, 1.165) is 17.7 Å². The Balaban J connectivity index is 2.14. The number of carbonyl (C=O) groups excluding carboxylic acids is 2. The Hall–Kier alpha value is -2.74. The Morgan fingerprint density at radius 3 is 1.81 bits per heavy atom. The molecule has 202 valence electrons. The molecule has 1 aliphatic rings. The Bertz CT molecular complexity index is 1100. The summed E-state index contributed by atoms with van der Waals surface area (Å²) in [4.78, 5) is 26.4. The number of hydrogen-bond acceptors (Lipinski definition) is 4. The minimum atomic E-state index is -4.52. The van der Waals surface area contributed by atoms with Crippen LogP contribution in [0.1, 0.15) is 62.8 Å². The summed E-state index contributed by atoms with van der Waals surface area (Å²) in [6.07, 6.45) is -4.77. The van der Waals surface area contributed by atoms with Gasteiger partial charge in [0.2, 0.25) is 0 Å². The van der Waals surface area contributed by atoms with Crippen LogP contribution in [0, 0.1) is 12.3 Å². The first-order valence-electron chi connectivity index (χ1n) is 12.2. The zero-order chi connectivity index (χ0) is 27.6. The van der Waals surface area contributed by atoms with E-state index in [1.165, 1.54) is 17.0 Å². The number of hydrogen-bond donors (Lipinski definition) is 0. The van der Waals surface area contributed by atoms with Gasteiger partial charge in [-0.25, -0.2) is 4.79 Å². The molecule has 0 spiro atoms. The second-order valence-electron chi connectivity index (χ2n) is 10.4. The van der Waals surface area contributed by atoms with E-state index in [-0.39, 0.29) is 32.5 Å². The highest BCUT2D eigenvalue weighted by Crippen LogP contribution is 2.57. The normalized spacial score (nSPS) is 17.6. The third-order valence-electron chi connectivity index (χ3n) is 6.65. The molecule has 37 heavy (non-hydrogen) atoms. The lowest BCUT2D eigenvalue weighted by Gasteiger charge is -2.49. The highest BCUT2D eigenvalue weighted by molar-refractivity contribution is 6.28. The average molecular weight is 540 g/mol. The van der Waals surface area contributed by atoms with Gasteiger partial charge >= 0.3 is 18.2 Å². The maximum absolute atomic E-state index is 13.7. The van der Waals surface area contributed by atoms with E-state index in [9.17, 15) is 22.8 Å². The van der Waals surface area contributed by atoms with Crippen molar-refractivity contribution in [1.29, 1.82) is 0 Å². The number of halogens is 4. The van der Waals surface area contributed by atoms with Crippen molar-refractivity contribution in [3.8, 4) is 0 Å². The zero-order valence-electron chi connectivity index (χ0n) is 21.7. The van der Waals surface area contributed by atoms with Crippen molar-refractivity contribution < 1.29 is 32.2 Å².